The van der Waals surface area contributed by atoms with Gasteiger partial charge in [-0.2, -0.15) is 4.80 Å². The average molecular weight is 386 g/mol. The fourth-order valence-corrected chi connectivity index (χ4v) is 3.02. The van der Waals surface area contributed by atoms with Crippen LogP contribution in [-0.2, 0) is 4.79 Å². The molecular formula is C23H22N4O2. The van der Waals surface area contributed by atoms with E-state index < -0.39 is 0 Å². The monoisotopic (exact) mass is 386 g/mol. The van der Waals surface area contributed by atoms with E-state index in [1.54, 1.807) is 4.80 Å². The van der Waals surface area contributed by atoms with Crippen molar-refractivity contribution in [3.8, 4) is 11.4 Å². The predicted molar refractivity (Wildman–Crippen MR) is 114 cm³/mol. The standard InChI is InChI=1S/C23H22N4O2/c1-15-9-10-19(11-16(15)2)29-14-23(28)24-20-13-22-21(12-17(20)3)25-27(26-22)18-7-5-4-6-8-18/h4-13H,14H2,1-3H3,(H,24,28). The molecule has 3 aromatic carbocycles. The second-order valence-corrected chi connectivity index (χ2v) is 7.06. The van der Waals surface area contributed by atoms with E-state index in [0.29, 0.717) is 17.0 Å². The Bertz CT molecular complexity index is 1180. The van der Waals surface area contributed by atoms with Crippen LogP contribution in [0.2, 0.25) is 0 Å². The minimum Gasteiger partial charge on any atom is -0.484 e. The highest BCUT2D eigenvalue weighted by atomic mass is 16.5. The van der Waals surface area contributed by atoms with E-state index in [9.17, 15) is 4.79 Å². The number of hydrogen-bond donors (Lipinski definition) is 1. The molecule has 1 N–H and O–H groups in total. The van der Waals surface area contributed by atoms with Crippen LogP contribution in [-0.4, -0.2) is 27.5 Å². The maximum absolute atomic E-state index is 12.4. The van der Waals surface area contributed by atoms with Gasteiger partial charge in [0.2, 0.25) is 0 Å². The highest BCUT2D eigenvalue weighted by Gasteiger charge is 2.11. The van der Waals surface area contributed by atoms with Gasteiger partial charge in [-0.1, -0.05) is 24.3 Å². The lowest BCUT2D eigenvalue weighted by atomic mass is 10.1. The lowest BCUT2D eigenvalue weighted by molar-refractivity contribution is -0.118. The first kappa shape index (κ1) is 18.7. The zero-order chi connectivity index (χ0) is 20.4. The lowest BCUT2D eigenvalue weighted by Gasteiger charge is -2.10. The first-order chi connectivity index (χ1) is 14.0. The molecule has 29 heavy (non-hydrogen) atoms. The van der Waals surface area contributed by atoms with Crippen LogP contribution in [0, 0.1) is 20.8 Å². The van der Waals surface area contributed by atoms with E-state index in [-0.39, 0.29) is 12.5 Å². The van der Waals surface area contributed by atoms with Crippen LogP contribution in [0.1, 0.15) is 16.7 Å². The molecule has 0 saturated heterocycles. The third-order valence-corrected chi connectivity index (χ3v) is 4.84. The number of carbonyl (C=O) groups excluding carboxylic acids is 1. The van der Waals surface area contributed by atoms with Crippen molar-refractivity contribution in [3.05, 3.63) is 77.4 Å². The van der Waals surface area contributed by atoms with Gasteiger partial charge in [-0.25, -0.2) is 0 Å². The van der Waals surface area contributed by atoms with Crippen molar-refractivity contribution in [3.63, 3.8) is 0 Å². The number of para-hydroxylation sites is 1. The predicted octanol–water partition coefficient (Wildman–Crippen LogP) is 4.36. The van der Waals surface area contributed by atoms with Crippen molar-refractivity contribution in [1.29, 1.82) is 0 Å². The molecule has 0 aliphatic carbocycles. The molecule has 146 valence electrons. The summed E-state index contributed by atoms with van der Waals surface area (Å²) >= 11 is 0. The first-order valence-corrected chi connectivity index (χ1v) is 9.42. The molecule has 0 atom stereocenters. The third-order valence-electron chi connectivity index (χ3n) is 4.84. The molecule has 0 aliphatic rings. The number of nitrogens with one attached hydrogen (secondary N) is 1. The molecule has 0 aliphatic heterocycles. The summed E-state index contributed by atoms with van der Waals surface area (Å²) in [4.78, 5) is 14.0. The van der Waals surface area contributed by atoms with Crippen LogP contribution < -0.4 is 10.1 Å². The van der Waals surface area contributed by atoms with Crippen molar-refractivity contribution >= 4 is 22.6 Å². The molecule has 4 aromatic rings. The van der Waals surface area contributed by atoms with Gasteiger partial charge in [-0.05, 0) is 73.9 Å². The van der Waals surface area contributed by atoms with Crippen molar-refractivity contribution < 1.29 is 9.53 Å². The van der Waals surface area contributed by atoms with E-state index in [4.69, 9.17) is 4.74 Å². The van der Waals surface area contributed by atoms with Crippen molar-refractivity contribution in [1.82, 2.24) is 15.0 Å². The van der Waals surface area contributed by atoms with E-state index in [0.717, 1.165) is 22.3 Å². The van der Waals surface area contributed by atoms with Gasteiger partial charge < -0.3 is 10.1 Å². The Hall–Kier alpha value is -3.67. The van der Waals surface area contributed by atoms with Gasteiger partial charge in [0.1, 0.15) is 16.8 Å². The highest BCUT2D eigenvalue weighted by Crippen LogP contribution is 2.22. The van der Waals surface area contributed by atoms with Gasteiger partial charge >= 0.3 is 0 Å². The summed E-state index contributed by atoms with van der Waals surface area (Å²) in [6.45, 7) is 5.93. The second-order valence-electron chi connectivity index (χ2n) is 7.06. The first-order valence-electron chi connectivity index (χ1n) is 9.42. The number of rotatable bonds is 5. The number of aromatic nitrogens is 3. The van der Waals surface area contributed by atoms with Gasteiger partial charge in [0.25, 0.3) is 5.91 Å². The summed E-state index contributed by atoms with van der Waals surface area (Å²) in [7, 11) is 0. The molecule has 6 heteroatoms. The number of anilines is 1. The minimum atomic E-state index is -0.221. The summed E-state index contributed by atoms with van der Waals surface area (Å²) in [5, 5.41) is 12.0. The molecule has 0 fully saturated rings. The van der Waals surface area contributed by atoms with Crippen LogP contribution >= 0.6 is 0 Å². The Kier molecular flexibility index (Phi) is 4.99. The number of benzene rings is 3. The Labute approximate surface area is 169 Å². The van der Waals surface area contributed by atoms with E-state index in [1.807, 2.05) is 81.4 Å². The van der Waals surface area contributed by atoms with Crippen molar-refractivity contribution in [2.24, 2.45) is 0 Å². The largest absolute Gasteiger partial charge is 0.484 e. The Balaban J connectivity index is 1.49. The molecule has 0 spiro atoms. The summed E-state index contributed by atoms with van der Waals surface area (Å²) in [6, 6.07) is 19.3. The number of amides is 1. The molecule has 0 saturated carbocycles. The Morgan fingerprint density at radius 1 is 0.897 bits per heavy atom. The molecule has 0 bridgehead atoms. The number of ether oxygens (including phenoxy) is 1. The van der Waals surface area contributed by atoms with Crippen LogP contribution in [0.4, 0.5) is 5.69 Å². The number of nitrogens with zero attached hydrogens (tertiary/aromatic N) is 3. The fraction of sp³-hybridized carbons (Fsp3) is 0.174. The van der Waals surface area contributed by atoms with Crippen LogP contribution in [0.25, 0.3) is 16.7 Å². The highest BCUT2D eigenvalue weighted by molar-refractivity contribution is 5.95. The molecule has 6 nitrogen and oxygen atoms in total. The summed E-state index contributed by atoms with van der Waals surface area (Å²) in [6.07, 6.45) is 0. The van der Waals surface area contributed by atoms with Gasteiger partial charge in [0, 0.05) is 5.69 Å². The molecule has 1 heterocycles. The van der Waals surface area contributed by atoms with Crippen LogP contribution in [0.3, 0.4) is 0 Å². The third kappa shape index (κ3) is 4.11. The molecule has 1 aromatic heterocycles. The van der Waals surface area contributed by atoms with Gasteiger partial charge in [0.15, 0.2) is 6.61 Å². The normalized spacial score (nSPS) is 10.9. The Morgan fingerprint density at radius 3 is 2.34 bits per heavy atom. The molecule has 0 unspecified atom stereocenters. The topological polar surface area (TPSA) is 69.0 Å². The van der Waals surface area contributed by atoms with Gasteiger partial charge in [0.05, 0.1) is 5.69 Å². The maximum atomic E-state index is 12.4. The zero-order valence-electron chi connectivity index (χ0n) is 16.6. The van der Waals surface area contributed by atoms with Crippen molar-refractivity contribution in [2.45, 2.75) is 20.8 Å². The van der Waals surface area contributed by atoms with Crippen LogP contribution in [0.5, 0.6) is 5.75 Å². The van der Waals surface area contributed by atoms with Gasteiger partial charge in [-0.3, -0.25) is 4.79 Å². The molecule has 0 radical (unpaired) electrons. The van der Waals surface area contributed by atoms with E-state index in [2.05, 4.69) is 15.5 Å². The van der Waals surface area contributed by atoms with Crippen molar-refractivity contribution in [2.75, 3.05) is 11.9 Å². The summed E-state index contributed by atoms with van der Waals surface area (Å²) in [5.74, 6) is 0.461. The summed E-state index contributed by atoms with van der Waals surface area (Å²) < 4.78 is 5.62. The maximum Gasteiger partial charge on any atom is 0.262 e. The van der Waals surface area contributed by atoms with E-state index >= 15 is 0 Å². The van der Waals surface area contributed by atoms with Crippen LogP contribution in [0.15, 0.2) is 60.7 Å². The number of aryl methyl sites for hydroxylation is 3. The quantitative estimate of drug-likeness (QED) is 0.553. The molecule has 4 rings (SSSR count). The zero-order valence-corrected chi connectivity index (χ0v) is 16.6. The summed E-state index contributed by atoms with van der Waals surface area (Å²) in [5.41, 5.74) is 6.30. The molecule has 1 amide bonds. The van der Waals surface area contributed by atoms with Gasteiger partial charge in [-0.15, -0.1) is 10.2 Å². The minimum absolute atomic E-state index is 0.0588. The second kappa shape index (κ2) is 7.75. The molecular weight excluding hydrogens is 364 g/mol. The average Bonchev–Trinajstić information content (AvgIpc) is 3.12. The SMILES string of the molecule is Cc1ccc(OCC(=O)Nc2cc3nn(-c4ccccc4)nc3cc2C)cc1C. The fourth-order valence-electron chi connectivity index (χ4n) is 3.02. The number of fused-ring (bicyclic) bond motifs is 1. The number of hydrogen-bond acceptors (Lipinski definition) is 4. The number of carbonyl (C=O) groups is 1. The smallest absolute Gasteiger partial charge is 0.262 e. The van der Waals surface area contributed by atoms with E-state index in [1.165, 1.54) is 5.56 Å². The Morgan fingerprint density at radius 2 is 1.62 bits per heavy atom. The lowest BCUT2D eigenvalue weighted by Crippen LogP contribution is -2.20.